The summed E-state index contributed by atoms with van der Waals surface area (Å²) in [7, 11) is -3.12. The molecule has 0 unspecified atom stereocenters. The molecule has 1 N–H and O–H groups in total. The molecule has 0 saturated carbocycles. The Morgan fingerprint density at radius 3 is 2.60 bits per heavy atom. The summed E-state index contributed by atoms with van der Waals surface area (Å²) in [6, 6.07) is 3.62. The molecule has 0 atom stereocenters. The van der Waals surface area contributed by atoms with Crippen molar-refractivity contribution in [2.45, 2.75) is 13.3 Å². The summed E-state index contributed by atoms with van der Waals surface area (Å²) in [4.78, 5) is 12.7. The molecule has 0 radical (unpaired) electrons. The molecular weight excluding hydrogens is 234 g/mol. The van der Waals surface area contributed by atoms with Crippen LogP contribution >= 0.6 is 11.3 Å². The average Bonchev–Trinajstić information content (AvgIpc) is 2.50. The first-order valence-electron chi connectivity index (χ1n) is 4.43. The van der Waals surface area contributed by atoms with Crippen molar-refractivity contribution in [2.75, 3.05) is 12.8 Å². The van der Waals surface area contributed by atoms with Gasteiger partial charge in [0.15, 0.2) is 5.78 Å². The van der Waals surface area contributed by atoms with Crippen LogP contribution < -0.4 is 4.72 Å². The Kier molecular flexibility index (Phi) is 4.01. The molecule has 1 aromatic heterocycles. The fourth-order valence-electron chi connectivity index (χ4n) is 1.06. The van der Waals surface area contributed by atoms with Crippen LogP contribution in [0, 0.1) is 0 Å². The van der Waals surface area contributed by atoms with Crippen LogP contribution in [0.4, 0.5) is 0 Å². The predicted octanol–water partition coefficient (Wildman–Crippen LogP) is 1.04. The Morgan fingerprint density at radius 2 is 2.13 bits per heavy atom. The number of carbonyl (C=O) groups is 1. The third-order valence-electron chi connectivity index (χ3n) is 1.74. The third-order valence-corrected chi connectivity index (χ3v) is 3.72. The van der Waals surface area contributed by atoms with Crippen LogP contribution in [-0.2, 0) is 16.4 Å². The standard InChI is InChI=1S/C9H13NO3S2/c1-7(11)9-4-3-8(14-9)5-6-10-15(2,12)13/h3-4,10H,5-6H2,1-2H3. The monoisotopic (exact) mass is 247 g/mol. The van der Waals surface area contributed by atoms with Gasteiger partial charge in [-0.3, -0.25) is 4.79 Å². The quantitative estimate of drug-likeness (QED) is 0.791. The normalized spacial score (nSPS) is 11.6. The van der Waals surface area contributed by atoms with Gasteiger partial charge in [0, 0.05) is 11.4 Å². The second kappa shape index (κ2) is 4.87. The molecule has 0 aliphatic carbocycles. The average molecular weight is 247 g/mol. The van der Waals surface area contributed by atoms with Gasteiger partial charge in [0.05, 0.1) is 11.1 Å². The Bertz CT molecular complexity index is 448. The molecule has 1 rings (SSSR count). The first-order chi connectivity index (χ1) is 6.88. The van der Waals surface area contributed by atoms with Crippen LogP contribution in [0.3, 0.4) is 0 Å². The van der Waals surface area contributed by atoms with Crippen molar-refractivity contribution in [2.24, 2.45) is 0 Å². The molecule has 84 valence electrons. The SMILES string of the molecule is CC(=O)c1ccc(CCNS(C)(=O)=O)s1. The van der Waals surface area contributed by atoms with Crippen LogP contribution in [0.2, 0.25) is 0 Å². The molecule has 1 aromatic rings. The summed E-state index contributed by atoms with van der Waals surface area (Å²) in [5.41, 5.74) is 0. The summed E-state index contributed by atoms with van der Waals surface area (Å²) < 4.78 is 23.9. The number of hydrogen-bond acceptors (Lipinski definition) is 4. The number of hydrogen-bond donors (Lipinski definition) is 1. The number of ketones is 1. The van der Waals surface area contributed by atoms with Gasteiger partial charge in [0.25, 0.3) is 0 Å². The van der Waals surface area contributed by atoms with Gasteiger partial charge in [-0.25, -0.2) is 13.1 Å². The lowest BCUT2D eigenvalue weighted by atomic mass is 10.3. The third kappa shape index (κ3) is 4.55. The summed E-state index contributed by atoms with van der Waals surface area (Å²) in [5, 5.41) is 0. The molecule has 15 heavy (non-hydrogen) atoms. The number of nitrogens with one attached hydrogen (secondary N) is 1. The maximum atomic E-state index is 11.0. The predicted molar refractivity (Wildman–Crippen MR) is 60.9 cm³/mol. The van der Waals surface area contributed by atoms with Crippen LogP contribution in [0.15, 0.2) is 12.1 Å². The van der Waals surface area contributed by atoms with E-state index in [1.807, 2.05) is 6.07 Å². The van der Waals surface area contributed by atoms with Crippen LogP contribution in [0.5, 0.6) is 0 Å². The highest BCUT2D eigenvalue weighted by Crippen LogP contribution is 2.17. The Hall–Kier alpha value is -0.720. The lowest BCUT2D eigenvalue weighted by Gasteiger charge is -1.99. The first-order valence-corrected chi connectivity index (χ1v) is 7.13. The second-order valence-corrected chi connectivity index (χ2v) is 6.24. The van der Waals surface area contributed by atoms with Crippen molar-refractivity contribution in [3.63, 3.8) is 0 Å². The molecule has 0 saturated heterocycles. The van der Waals surface area contributed by atoms with Gasteiger partial charge in [0.2, 0.25) is 10.0 Å². The second-order valence-electron chi connectivity index (χ2n) is 3.24. The van der Waals surface area contributed by atoms with Gasteiger partial charge in [-0.1, -0.05) is 0 Å². The van der Waals surface area contributed by atoms with Crippen molar-refractivity contribution in [1.82, 2.24) is 4.72 Å². The smallest absolute Gasteiger partial charge is 0.208 e. The topological polar surface area (TPSA) is 63.2 Å². The van der Waals surface area contributed by atoms with Crippen molar-refractivity contribution >= 4 is 27.1 Å². The van der Waals surface area contributed by atoms with Gasteiger partial charge in [0.1, 0.15) is 0 Å². The number of sulfonamides is 1. The Labute approximate surface area is 93.4 Å². The molecule has 0 amide bonds. The van der Waals surface area contributed by atoms with Gasteiger partial charge < -0.3 is 0 Å². The van der Waals surface area contributed by atoms with E-state index in [2.05, 4.69) is 4.72 Å². The van der Waals surface area contributed by atoms with E-state index in [0.717, 1.165) is 11.1 Å². The minimum atomic E-state index is -3.12. The molecule has 0 aliphatic rings. The number of rotatable bonds is 5. The summed E-state index contributed by atoms with van der Waals surface area (Å²) in [5.74, 6) is 0.0438. The van der Waals surface area contributed by atoms with Gasteiger partial charge in [-0.15, -0.1) is 11.3 Å². The van der Waals surface area contributed by atoms with Crippen molar-refractivity contribution in [3.05, 3.63) is 21.9 Å². The van der Waals surface area contributed by atoms with Crippen LogP contribution in [0.25, 0.3) is 0 Å². The number of thiophene rings is 1. The summed E-state index contributed by atoms with van der Waals surface area (Å²) in [6.07, 6.45) is 1.74. The molecule has 0 spiro atoms. The minimum Gasteiger partial charge on any atom is -0.294 e. The molecule has 4 nitrogen and oxygen atoms in total. The molecular formula is C9H13NO3S2. The molecule has 6 heteroatoms. The van der Waals surface area contributed by atoms with Crippen LogP contribution in [0.1, 0.15) is 21.5 Å². The fraction of sp³-hybridized carbons (Fsp3) is 0.444. The minimum absolute atomic E-state index is 0.0438. The number of carbonyl (C=O) groups excluding carboxylic acids is 1. The molecule has 0 fully saturated rings. The first kappa shape index (κ1) is 12.4. The zero-order valence-electron chi connectivity index (χ0n) is 8.61. The highest BCUT2D eigenvalue weighted by atomic mass is 32.2. The zero-order chi connectivity index (χ0) is 11.5. The maximum Gasteiger partial charge on any atom is 0.208 e. The molecule has 0 aromatic carbocycles. The molecule has 0 aliphatic heterocycles. The summed E-state index contributed by atoms with van der Waals surface area (Å²) >= 11 is 1.41. The van der Waals surface area contributed by atoms with Gasteiger partial charge in [-0.2, -0.15) is 0 Å². The van der Waals surface area contributed by atoms with E-state index in [1.54, 1.807) is 6.07 Å². The van der Waals surface area contributed by atoms with E-state index in [4.69, 9.17) is 0 Å². The van der Waals surface area contributed by atoms with E-state index in [0.29, 0.717) is 17.8 Å². The van der Waals surface area contributed by atoms with Crippen molar-refractivity contribution < 1.29 is 13.2 Å². The molecule has 1 heterocycles. The van der Waals surface area contributed by atoms with Crippen molar-refractivity contribution in [3.8, 4) is 0 Å². The Balaban J connectivity index is 2.48. The fourth-order valence-corrected chi connectivity index (χ4v) is 2.44. The highest BCUT2D eigenvalue weighted by Gasteiger charge is 2.05. The van der Waals surface area contributed by atoms with Crippen molar-refractivity contribution in [1.29, 1.82) is 0 Å². The van der Waals surface area contributed by atoms with Gasteiger partial charge >= 0.3 is 0 Å². The summed E-state index contributed by atoms with van der Waals surface area (Å²) in [6.45, 7) is 1.89. The number of Topliss-reactive ketones (excluding diaryl/α,β-unsaturated/α-hetero) is 1. The van der Waals surface area contributed by atoms with Crippen LogP contribution in [-0.4, -0.2) is 27.0 Å². The van der Waals surface area contributed by atoms with Gasteiger partial charge in [-0.05, 0) is 25.5 Å². The highest BCUT2D eigenvalue weighted by molar-refractivity contribution is 7.88. The molecule has 0 bridgehead atoms. The van der Waals surface area contributed by atoms with E-state index < -0.39 is 10.0 Å². The van der Waals surface area contributed by atoms with E-state index >= 15 is 0 Å². The van der Waals surface area contributed by atoms with E-state index in [1.165, 1.54) is 18.3 Å². The Morgan fingerprint density at radius 1 is 1.47 bits per heavy atom. The lowest BCUT2D eigenvalue weighted by Crippen LogP contribution is -2.23. The largest absolute Gasteiger partial charge is 0.294 e. The van der Waals surface area contributed by atoms with E-state index in [9.17, 15) is 13.2 Å². The van der Waals surface area contributed by atoms with E-state index in [-0.39, 0.29) is 5.78 Å². The zero-order valence-corrected chi connectivity index (χ0v) is 10.2. The lowest BCUT2D eigenvalue weighted by molar-refractivity contribution is 0.102. The maximum absolute atomic E-state index is 11.0.